The van der Waals surface area contributed by atoms with Crippen LogP contribution < -0.4 is 10.6 Å². The van der Waals surface area contributed by atoms with E-state index >= 15 is 0 Å². The summed E-state index contributed by atoms with van der Waals surface area (Å²) in [4.78, 5) is 12.3. The van der Waals surface area contributed by atoms with Crippen molar-refractivity contribution in [3.63, 3.8) is 0 Å². The minimum absolute atomic E-state index is 0. The molecule has 0 spiro atoms. The maximum atomic E-state index is 12.3. The van der Waals surface area contributed by atoms with Gasteiger partial charge in [0, 0.05) is 31.3 Å². The largest absolute Gasteiger partial charge is 0.352 e. The SMILES string of the molecule is CS(=O)(=O)Cc1ccccc1CNC(=O)CC1CC2CCC(C1)N2.Cl. The number of carbonyl (C=O) groups is 1. The van der Waals surface area contributed by atoms with Crippen molar-refractivity contribution in [1.29, 1.82) is 0 Å². The highest BCUT2D eigenvalue weighted by molar-refractivity contribution is 7.89. The van der Waals surface area contributed by atoms with E-state index < -0.39 is 9.84 Å². The van der Waals surface area contributed by atoms with Gasteiger partial charge in [0.05, 0.1) is 5.75 Å². The van der Waals surface area contributed by atoms with Crippen molar-refractivity contribution >= 4 is 28.2 Å². The third-order valence-corrected chi connectivity index (χ3v) is 5.89. The van der Waals surface area contributed by atoms with E-state index in [4.69, 9.17) is 0 Å². The average Bonchev–Trinajstić information content (AvgIpc) is 2.84. The predicted molar refractivity (Wildman–Crippen MR) is 101 cm³/mol. The first-order valence-corrected chi connectivity index (χ1v) is 10.7. The first-order valence-electron chi connectivity index (χ1n) is 8.66. The molecule has 2 unspecified atom stereocenters. The lowest BCUT2D eigenvalue weighted by Crippen LogP contribution is -2.39. The summed E-state index contributed by atoms with van der Waals surface area (Å²) in [5.74, 6) is 0.543. The van der Waals surface area contributed by atoms with Crippen molar-refractivity contribution in [1.82, 2.24) is 10.6 Å². The zero-order valence-corrected chi connectivity index (χ0v) is 16.2. The maximum Gasteiger partial charge on any atom is 0.220 e. The van der Waals surface area contributed by atoms with Crippen molar-refractivity contribution in [2.24, 2.45) is 5.92 Å². The van der Waals surface area contributed by atoms with Gasteiger partial charge in [0.15, 0.2) is 9.84 Å². The molecule has 7 heteroatoms. The lowest BCUT2D eigenvalue weighted by atomic mass is 9.89. The van der Waals surface area contributed by atoms with Crippen molar-refractivity contribution in [2.75, 3.05) is 6.26 Å². The van der Waals surface area contributed by atoms with Gasteiger partial charge in [-0.3, -0.25) is 4.79 Å². The summed E-state index contributed by atoms with van der Waals surface area (Å²) >= 11 is 0. The smallest absolute Gasteiger partial charge is 0.220 e. The van der Waals surface area contributed by atoms with E-state index in [-0.39, 0.29) is 24.1 Å². The van der Waals surface area contributed by atoms with E-state index in [9.17, 15) is 13.2 Å². The Kier molecular flexibility index (Phi) is 6.88. The standard InChI is InChI=1S/C18H26N2O3S.ClH/c1-24(22,23)12-15-5-3-2-4-14(15)11-19-18(21)10-13-8-16-6-7-17(9-13)20-16;/h2-5,13,16-17,20H,6-12H2,1H3,(H,19,21);1H. The lowest BCUT2D eigenvalue weighted by molar-refractivity contribution is -0.122. The Labute approximate surface area is 156 Å². The highest BCUT2D eigenvalue weighted by atomic mass is 35.5. The van der Waals surface area contributed by atoms with Gasteiger partial charge in [-0.05, 0) is 42.7 Å². The van der Waals surface area contributed by atoms with Gasteiger partial charge in [-0.25, -0.2) is 8.42 Å². The lowest BCUT2D eigenvalue weighted by Gasteiger charge is -2.28. The number of hydrogen-bond acceptors (Lipinski definition) is 4. The number of sulfone groups is 1. The number of carbonyl (C=O) groups excluding carboxylic acids is 1. The summed E-state index contributed by atoms with van der Waals surface area (Å²) in [7, 11) is -3.09. The van der Waals surface area contributed by atoms with Crippen LogP contribution in [0.25, 0.3) is 0 Å². The van der Waals surface area contributed by atoms with Crippen LogP contribution in [0.15, 0.2) is 24.3 Å². The predicted octanol–water partition coefficient (Wildman–Crippen LogP) is 2.19. The number of halogens is 1. The summed E-state index contributed by atoms with van der Waals surface area (Å²) in [5, 5.41) is 6.56. The molecule has 2 bridgehead atoms. The van der Waals surface area contributed by atoms with Gasteiger partial charge in [0.1, 0.15) is 0 Å². The van der Waals surface area contributed by atoms with Gasteiger partial charge in [0.25, 0.3) is 0 Å². The summed E-state index contributed by atoms with van der Waals surface area (Å²) in [5.41, 5.74) is 1.64. The van der Waals surface area contributed by atoms with E-state index in [2.05, 4.69) is 10.6 Å². The zero-order valence-electron chi connectivity index (χ0n) is 14.5. The quantitative estimate of drug-likeness (QED) is 0.785. The number of amides is 1. The topological polar surface area (TPSA) is 75.3 Å². The van der Waals surface area contributed by atoms with E-state index in [1.807, 2.05) is 24.3 Å². The Bertz CT molecular complexity index is 696. The molecular formula is C18H27ClN2O3S. The second kappa shape index (κ2) is 8.52. The van der Waals surface area contributed by atoms with Gasteiger partial charge in [0.2, 0.25) is 5.91 Å². The van der Waals surface area contributed by atoms with Gasteiger partial charge in [-0.2, -0.15) is 0 Å². The molecule has 2 saturated heterocycles. The van der Waals surface area contributed by atoms with Gasteiger partial charge in [-0.15, -0.1) is 12.4 Å². The zero-order chi connectivity index (χ0) is 17.2. The second-order valence-electron chi connectivity index (χ2n) is 7.29. The van der Waals surface area contributed by atoms with Crippen molar-refractivity contribution in [2.45, 2.75) is 56.5 Å². The minimum Gasteiger partial charge on any atom is -0.352 e. The van der Waals surface area contributed by atoms with Crippen LogP contribution >= 0.6 is 12.4 Å². The summed E-state index contributed by atoms with van der Waals surface area (Å²) < 4.78 is 23.1. The molecular weight excluding hydrogens is 360 g/mol. The van der Waals surface area contributed by atoms with Gasteiger partial charge in [-0.1, -0.05) is 24.3 Å². The molecule has 1 amide bonds. The molecule has 1 aromatic rings. The normalized spacial score (nSPS) is 25.2. The molecule has 140 valence electrons. The van der Waals surface area contributed by atoms with E-state index in [0.717, 1.165) is 24.0 Å². The molecule has 0 saturated carbocycles. The molecule has 2 atom stereocenters. The molecule has 25 heavy (non-hydrogen) atoms. The molecule has 1 aromatic carbocycles. The van der Waals surface area contributed by atoms with E-state index in [1.165, 1.54) is 19.1 Å². The summed E-state index contributed by atoms with van der Waals surface area (Å²) in [6.07, 6.45) is 6.46. The monoisotopic (exact) mass is 386 g/mol. The Balaban J connectivity index is 0.00000225. The molecule has 2 heterocycles. The van der Waals surface area contributed by atoms with Crippen molar-refractivity contribution in [3.8, 4) is 0 Å². The van der Waals surface area contributed by atoms with Crippen molar-refractivity contribution < 1.29 is 13.2 Å². The van der Waals surface area contributed by atoms with Crippen LogP contribution in [0.2, 0.25) is 0 Å². The molecule has 0 aliphatic carbocycles. The van der Waals surface area contributed by atoms with Crippen LogP contribution in [0.5, 0.6) is 0 Å². The molecule has 2 aliphatic heterocycles. The molecule has 0 radical (unpaired) electrons. The van der Waals surface area contributed by atoms with E-state index in [0.29, 0.717) is 31.0 Å². The average molecular weight is 387 g/mol. The van der Waals surface area contributed by atoms with E-state index in [1.54, 1.807) is 0 Å². The first kappa shape index (κ1) is 20.2. The van der Waals surface area contributed by atoms with Crippen LogP contribution in [0, 0.1) is 5.92 Å². The fourth-order valence-corrected chi connectivity index (χ4v) is 4.87. The highest BCUT2D eigenvalue weighted by Crippen LogP contribution is 2.32. The Morgan fingerprint density at radius 3 is 2.36 bits per heavy atom. The van der Waals surface area contributed by atoms with Gasteiger partial charge >= 0.3 is 0 Å². The molecule has 3 rings (SSSR count). The Hall–Kier alpha value is -1.11. The molecule has 2 aliphatic rings. The second-order valence-corrected chi connectivity index (χ2v) is 9.44. The minimum atomic E-state index is -3.09. The molecule has 0 aromatic heterocycles. The number of nitrogens with one attached hydrogen (secondary N) is 2. The third-order valence-electron chi connectivity index (χ3n) is 5.06. The van der Waals surface area contributed by atoms with Crippen LogP contribution in [0.3, 0.4) is 0 Å². The number of piperidine rings is 1. The number of benzene rings is 1. The number of hydrogen-bond donors (Lipinski definition) is 2. The molecule has 2 N–H and O–H groups in total. The Morgan fingerprint density at radius 2 is 1.76 bits per heavy atom. The number of rotatable bonds is 6. The third kappa shape index (κ3) is 5.97. The maximum absolute atomic E-state index is 12.3. The first-order chi connectivity index (χ1) is 11.4. The highest BCUT2D eigenvalue weighted by Gasteiger charge is 2.34. The fraction of sp³-hybridized carbons (Fsp3) is 0.611. The van der Waals surface area contributed by atoms with Crippen LogP contribution in [-0.4, -0.2) is 32.7 Å². The fourth-order valence-electron chi connectivity index (χ4n) is 4.02. The summed E-state index contributed by atoms with van der Waals surface area (Å²) in [6, 6.07) is 8.58. The van der Waals surface area contributed by atoms with Crippen molar-refractivity contribution in [3.05, 3.63) is 35.4 Å². The summed E-state index contributed by atoms with van der Waals surface area (Å²) in [6.45, 7) is 0.391. The van der Waals surface area contributed by atoms with Gasteiger partial charge < -0.3 is 10.6 Å². The molecule has 5 nitrogen and oxygen atoms in total. The molecule has 2 fully saturated rings. The van der Waals surface area contributed by atoms with Crippen LogP contribution in [0.4, 0.5) is 0 Å². The number of fused-ring (bicyclic) bond motifs is 2. The Morgan fingerprint density at radius 1 is 1.16 bits per heavy atom. The van der Waals surface area contributed by atoms with Crippen LogP contribution in [0.1, 0.15) is 43.2 Å². The van der Waals surface area contributed by atoms with Crippen LogP contribution in [-0.2, 0) is 26.9 Å².